The van der Waals surface area contributed by atoms with E-state index in [0.717, 1.165) is 67.0 Å². The molecule has 262 valence electrons. The molecule has 0 amide bonds. The van der Waals surface area contributed by atoms with Crippen molar-refractivity contribution in [2.45, 2.75) is 19.3 Å². The third-order valence-corrected chi connectivity index (χ3v) is 11.3. The fourth-order valence-electron chi connectivity index (χ4n) is 8.70. The normalized spacial score (nSPS) is 13.3. The zero-order chi connectivity index (χ0) is 36.7. The number of ether oxygens (including phenoxy) is 2. The SMILES string of the molecule is CC1(C)c2ccccc2-c2cc3c(cc21)Oc1cccc(-c2cccc4c2oc2cccc(-c5ccc(N(c6ccccc6)c6ccccc6)cc5)c24)c1O3. The third kappa shape index (κ3) is 4.85. The van der Waals surface area contributed by atoms with E-state index in [9.17, 15) is 0 Å². The summed E-state index contributed by atoms with van der Waals surface area (Å²) in [6, 6.07) is 61.5. The van der Waals surface area contributed by atoms with Gasteiger partial charge in [0.1, 0.15) is 11.2 Å². The lowest BCUT2D eigenvalue weighted by atomic mass is 9.82. The average molecular weight is 710 g/mol. The van der Waals surface area contributed by atoms with E-state index in [2.05, 4.69) is 170 Å². The monoisotopic (exact) mass is 709 g/mol. The van der Waals surface area contributed by atoms with E-state index >= 15 is 0 Å². The molecule has 0 bridgehead atoms. The van der Waals surface area contributed by atoms with Crippen molar-refractivity contribution in [1.82, 2.24) is 0 Å². The Hall–Kier alpha value is -7.04. The fraction of sp³-hybridized carbons (Fsp3) is 0.0588. The van der Waals surface area contributed by atoms with Crippen LogP contribution in [0.2, 0.25) is 0 Å². The van der Waals surface area contributed by atoms with Gasteiger partial charge in [0.25, 0.3) is 0 Å². The molecular formula is C51H35NO3. The van der Waals surface area contributed by atoms with Crippen molar-refractivity contribution in [3.8, 4) is 56.4 Å². The second kappa shape index (κ2) is 12.0. The van der Waals surface area contributed by atoms with Crippen molar-refractivity contribution < 1.29 is 13.9 Å². The summed E-state index contributed by atoms with van der Waals surface area (Å²) in [5, 5.41) is 2.13. The number of anilines is 3. The molecule has 11 rings (SSSR count). The molecule has 2 heterocycles. The fourth-order valence-corrected chi connectivity index (χ4v) is 8.70. The van der Waals surface area contributed by atoms with Crippen LogP contribution in [-0.4, -0.2) is 0 Å². The molecule has 1 aliphatic heterocycles. The van der Waals surface area contributed by atoms with Crippen molar-refractivity contribution in [2.75, 3.05) is 4.90 Å². The molecule has 0 unspecified atom stereocenters. The maximum absolute atomic E-state index is 6.81. The average Bonchev–Trinajstić information content (AvgIpc) is 3.72. The van der Waals surface area contributed by atoms with Crippen molar-refractivity contribution in [3.63, 3.8) is 0 Å². The van der Waals surface area contributed by atoms with Crippen LogP contribution in [0.1, 0.15) is 25.0 Å². The van der Waals surface area contributed by atoms with Crippen molar-refractivity contribution in [3.05, 3.63) is 187 Å². The number of para-hydroxylation sites is 4. The first-order valence-corrected chi connectivity index (χ1v) is 18.8. The Balaban J connectivity index is 0.994. The molecule has 55 heavy (non-hydrogen) atoms. The molecule has 4 nitrogen and oxygen atoms in total. The summed E-state index contributed by atoms with van der Waals surface area (Å²) < 4.78 is 20.2. The minimum absolute atomic E-state index is 0.130. The van der Waals surface area contributed by atoms with Gasteiger partial charge in [-0.25, -0.2) is 0 Å². The highest BCUT2D eigenvalue weighted by Gasteiger charge is 2.37. The predicted molar refractivity (Wildman–Crippen MR) is 223 cm³/mol. The van der Waals surface area contributed by atoms with Crippen LogP contribution in [0.15, 0.2) is 180 Å². The molecule has 0 saturated heterocycles. The lowest BCUT2D eigenvalue weighted by Crippen LogP contribution is -2.15. The number of fused-ring (bicyclic) bond motifs is 8. The van der Waals surface area contributed by atoms with E-state index in [1.54, 1.807) is 0 Å². The van der Waals surface area contributed by atoms with E-state index in [1.807, 2.05) is 24.3 Å². The van der Waals surface area contributed by atoms with E-state index < -0.39 is 0 Å². The molecule has 8 aromatic carbocycles. The van der Waals surface area contributed by atoms with Gasteiger partial charge in [0, 0.05) is 44.4 Å². The Morgan fingerprint density at radius 2 is 1.05 bits per heavy atom. The van der Waals surface area contributed by atoms with Crippen molar-refractivity contribution in [2.24, 2.45) is 0 Å². The molecule has 0 radical (unpaired) electrons. The van der Waals surface area contributed by atoms with Gasteiger partial charge < -0.3 is 18.8 Å². The highest BCUT2D eigenvalue weighted by Crippen LogP contribution is 2.57. The zero-order valence-electron chi connectivity index (χ0n) is 30.4. The van der Waals surface area contributed by atoms with Gasteiger partial charge in [-0.15, -0.1) is 0 Å². The lowest BCUT2D eigenvalue weighted by molar-refractivity contribution is 0.360. The molecule has 2 aliphatic rings. The zero-order valence-corrected chi connectivity index (χ0v) is 30.4. The number of hydrogen-bond donors (Lipinski definition) is 0. The van der Waals surface area contributed by atoms with Gasteiger partial charge in [-0.2, -0.15) is 0 Å². The Kier molecular flexibility index (Phi) is 6.86. The van der Waals surface area contributed by atoms with Crippen LogP contribution >= 0.6 is 0 Å². The summed E-state index contributed by atoms with van der Waals surface area (Å²) in [7, 11) is 0. The van der Waals surface area contributed by atoms with Gasteiger partial charge in [-0.3, -0.25) is 0 Å². The minimum atomic E-state index is -0.130. The Morgan fingerprint density at radius 3 is 1.84 bits per heavy atom. The summed E-state index contributed by atoms with van der Waals surface area (Å²) in [5.74, 6) is 2.82. The van der Waals surface area contributed by atoms with Crippen LogP contribution < -0.4 is 14.4 Å². The van der Waals surface area contributed by atoms with E-state index in [4.69, 9.17) is 13.9 Å². The van der Waals surface area contributed by atoms with Crippen LogP contribution in [-0.2, 0) is 5.41 Å². The topological polar surface area (TPSA) is 34.8 Å². The van der Waals surface area contributed by atoms with Gasteiger partial charge in [0.2, 0.25) is 0 Å². The minimum Gasteiger partial charge on any atom is -0.455 e. The first-order chi connectivity index (χ1) is 27.0. The maximum atomic E-state index is 6.81. The molecule has 0 N–H and O–H groups in total. The van der Waals surface area contributed by atoms with E-state index in [1.165, 1.54) is 22.3 Å². The highest BCUT2D eigenvalue weighted by molar-refractivity contribution is 6.15. The lowest BCUT2D eigenvalue weighted by Gasteiger charge is -2.26. The second-order valence-corrected chi connectivity index (χ2v) is 14.9. The summed E-state index contributed by atoms with van der Waals surface area (Å²) >= 11 is 0. The van der Waals surface area contributed by atoms with Crippen LogP contribution in [0, 0.1) is 0 Å². The van der Waals surface area contributed by atoms with Crippen molar-refractivity contribution in [1.29, 1.82) is 0 Å². The third-order valence-electron chi connectivity index (χ3n) is 11.3. The largest absolute Gasteiger partial charge is 0.455 e. The standard InChI is InChI=1S/C51H35NO3/c1-51(2)42-23-10-9-18-37(42)41-30-46-47(31-43(41)51)53-45-25-13-21-39(50(45)55-46)38-20-11-22-40-48-36(19-12-24-44(48)54-49(38)40)32-26-28-35(29-27-32)52(33-14-5-3-6-15-33)34-16-7-4-8-17-34/h3-31H,1-2H3. The molecule has 9 aromatic rings. The van der Waals surface area contributed by atoms with Gasteiger partial charge >= 0.3 is 0 Å². The molecular weight excluding hydrogens is 675 g/mol. The van der Waals surface area contributed by atoms with E-state index in [0.29, 0.717) is 17.2 Å². The molecule has 0 fully saturated rings. The molecule has 1 aromatic heterocycles. The molecule has 4 heteroatoms. The summed E-state index contributed by atoms with van der Waals surface area (Å²) in [4.78, 5) is 2.28. The maximum Gasteiger partial charge on any atom is 0.178 e. The van der Waals surface area contributed by atoms with E-state index in [-0.39, 0.29) is 5.41 Å². The second-order valence-electron chi connectivity index (χ2n) is 14.9. The number of benzene rings is 8. The summed E-state index contributed by atoms with van der Waals surface area (Å²) in [5.41, 5.74) is 13.9. The smallest absolute Gasteiger partial charge is 0.178 e. The molecule has 0 atom stereocenters. The molecule has 1 aliphatic carbocycles. The molecule has 0 saturated carbocycles. The first kappa shape index (κ1) is 31.5. The Labute approximate surface area is 319 Å². The summed E-state index contributed by atoms with van der Waals surface area (Å²) in [6.45, 7) is 4.55. The highest BCUT2D eigenvalue weighted by atomic mass is 16.6. The molecule has 0 spiro atoms. The number of furan rings is 1. The number of rotatable bonds is 5. The van der Waals surface area contributed by atoms with Crippen LogP contribution in [0.5, 0.6) is 23.0 Å². The van der Waals surface area contributed by atoms with Crippen LogP contribution in [0.3, 0.4) is 0 Å². The number of nitrogens with zero attached hydrogens (tertiary/aromatic N) is 1. The van der Waals surface area contributed by atoms with Gasteiger partial charge in [-0.1, -0.05) is 129 Å². The van der Waals surface area contributed by atoms with Gasteiger partial charge in [-0.05, 0) is 94.0 Å². The Bertz CT molecular complexity index is 2900. The van der Waals surface area contributed by atoms with Gasteiger partial charge in [0.05, 0.1) is 0 Å². The first-order valence-electron chi connectivity index (χ1n) is 18.8. The van der Waals surface area contributed by atoms with Crippen LogP contribution in [0.4, 0.5) is 17.1 Å². The van der Waals surface area contributed by atoms with Crippen LogP contribution in [0.25, 0.3) is 55.3 Å². The number of hydrogen-bond acceptors (Lipinski definition) is 4. The Morgan fingerprint density at radius 1 is 0.436 bits per heavy atom. The predicted octanol–water partition coefficient (Wildman–Crippen LogP) is 14.6. The summed E-state index contributed by atoms with van der Waals surface area (Å²) in [6.07, 6.45) is 0. The quantitative estimate of drug-likeness (QED) is 0.178. The van der Waals surface area contributed by atoms with Crippen molar-refractivity contribution >= 4 is 39.0 Å². The van der Waals surface area contributed by atoms with Gasteiger partial charge in [0.15, 0.2) is 23.0 Å².